The predicted molar refractivity (Wildman–Crippen MR) is 90.6 cm³/mol. The van der Waals surface area contributed by atoms with Crippen molar-refractivity contribution in [2.24, 2.45) is 7.05 Å². The van der Waals surface area contributed by atoms with Crippen molar-refractivity contribution in [2.45, 2.75) is 13.3 Å². The molecule has 1 N–H and O–H groups in total. The van der Waals surface area contributed by atoms with Crippen molar-refractivity contribution >= 4 is 5.97 Å². The summed E-state index contributed by atoms with van der Waals surface area (Å²) in [5.41, 5.74) is 3.09. The quantitative estimate of drug-likeness (QED) is 0.800. The van der Waals surface area contributed by atoms with Crippen molar-refractivity contribution in [1.29, 1.82) is 0 Å². The van der Waals surface area contributed by atoms with Crippen LogP contribution in [0.15, 0.2) is 53.7 Å². The first kappa shape index (κ1) is 15.7. The molecule has 3 rings (SSSR count). The molecule has 0 amide bonds. The van der Waals surface area contributed by atoms with Crippen LogP contribution < -0.4 is 5.56 Å². The highest BCUT2D eigenvalue weighted by Crippen LogP contribution is 2.21. The Morgan fingerprint density at radius 2 is 1.96 bits per heavy atom. The molecule has 122 valence electrons. The number of nitrogens with zero attached hydrogens (tertiary/aromatic N) is 3. The number of rotatable bonds is 4. The Hall–Kier alpha value is -3.15. The van der Waals surface area contributed by atoms with Gasteiger partial charge in [0, 0.05) is 36.1 Å². The number of aryl methyl sites for hydroxylation is 2. The number of para-hydroxylation sites is 1. The molecule has 0 fully saturated rings. The van der Waals surface area contributed by atoms with Gasteiger partial charge < -0.3 is 9.67 Å². The Balaban J connectivity index is 2.08. The van der Waals surface area contributed by atoms with E-state index in [2.05, 4.69) is 5.10 Å². The summed E-state index contributed by atoms with van der Waals surface area (Å²) in [6.07, 6.45) is 5.83. The van der Waals surface area contributed by atoms with Crippen LogP contribution in [0.1, 0.15) is 22.8 Å². The molecule has 2 heterocycles. The van der Waals surface area contributed by atoms with Crippen LogP contribution in [0.2, 0.25) is 0 Å². The Morgan fingerprint density at radius 1 is 1.21 bits per heavy atom. The molecule has 0 bridgehead atoms. The smallest absolute Gasteiger partial charge is 0.337 e. The van der Waals surface area contributed by atoms with Gasteiger partial charge in [0.25, 0.3) is 5.56 Å². The van der Waals surface area contributed by atoms with Crippen LogP contribution >= 0.6 is 0 Å². The van der Waals surface area contributed by atoms with Gasteiger partial charge in [-0.3, -0.25) is 4.79 Å². The summed E-state index contributed by atoms with van der Waals surface area (Å²) >= 11 is 0. The van der Waals surface area contributed by atoms with Gasteiger partial charge in [0.15, 0.2) is 0 Å². The van der Waals surface area contributed by atoms with Crippen LogP contribution in [0.3, 0.4) is 0 Å². The summed E-state index contributed by atoms with van der Waals surface area (Å²) < 4.78 is 3.09. The second-order valence-corrected chi connectivity index (χ2v) is 5.52. The number of benzene rings is 1. The molecule has 0 unspecified atom stereocenters. The van der Waals surface area contributed by atoms with Crippen molar-refractivity contribution in [3.05, 3.63) is 70.4 Å². The molecule has 0 aliphatic heterocycles. The molecule has 0 aliphatic carbocycles. The lowest BCUT2D eigenvalue weighted by Gasteiger charge is -2.06. The standard InChI is InChI=1S/C18H17N3O3/c1-3-12-8-13(10-20(2)17(12)22)14-9-19-21(11-14)16-7-5-4-6-15(16)18(23)24/h4-11H,3H2,1-2H3,(H,23,24). The molecule has 0 saturated carbocycles. The molecule has 2 aromatic heterocycles. The zero-order valence-corrected chi connectivity index (χ0v) is 13.4. The fourth-order valence-corrected chi connectivity index (χ4v) is 2.65. The van der Waals surface area contributed by atoms with Crippen LogP contribution in [-0.4, -0.2) is 25.4 Å². The van der Waals surface area contributed by atoms with Gasteiger partial charge in [-0.1, -0.05) is 19.1 Å². The first-order valence-electron chi connectivity index (χ1n) is 7.58. The summed E-state index contributed by atoms with van der Waals surface area (Å²) in [5, 5.41) is 13.6. The van der Waals surface area contributed by atoms with Crippen LogP contribution in [0.5, 0.6) is 0 Å². The van der Waals surface area contributed by atoms with Crippen molar-refractivity contribution in [3.63, 3.8) is 0 Å². The van der Waals surface area contributed by atoms with Gasteiger partial charge in [-0.15, -0.1) is 0 Å². The summed E-state index contributed by atoms with van der Waals surface area (Å²) in [7, 11) is 1.72. The van der Waals surface area contributed by atoms with E-state index in [1.54, 1.807) is 54.5 Å². The molecule has 0 atom stereocenters. The number of carbonyl (C=O) groups is 1. The van der Waals surface area contributed by atoms with E-state index in [-0.39, 0.29) is 11.1 Å². The highest BCUT2D eigenvalue weighted by molar-refractivity contribution is 5.91. The molecule has 0 spiro atoms. The number of carboxylic acids is 1. The third-order valence-electron chi connectivity index (χ3n) is 3.94. The monoisotopic (exact) mass is 323 g/mol. The lowest BCUT2D eigenvalue weighted by Crippen LogP contribution is -2.20. The van der Waals surface area contributed by atoms with Crippen molar-refractivity contribution in [2.75, 3.05) is 0 Å². The third kappa shape index (κ3) is 2.74. The number of carboxylic acid groups (broad SMARTS) is 1. The number of hydrogen-bond acceptors (Lipinski definition) is 3. The number of aromatic nitrogens is 3. The number of pyridine rings is 1. The first-order chi connectivity index (χ1) is 11.5. The summed E-state index contributed by atoms with van der Waals surface area (Å²) in [6.45, 7) is 1.94. The van der Waals surface area contributed by atoms with E-state index in [0.29, 0.717) is 12.1 Å². The maximum Gasteiger partial charge on any atom is 0.337 e. The van der Waals surface area contributed by atoms with Crippen LogP contribution in [-0.2, 0) is 13.5 Å². The van der Waals surface area contributed by atoms with E-state index in [4.69, 9.17) is 0 Å². The van der Waals surface area contributed by atoms with Crippen LogP contribution in [0, 0.1) is 0 Å². The highest BCUT2D eigenvalue weighted by Gasteiger charge is 2.13. The average molecular weight is 323 g/mol. The largest absolute Gasteiger partial charge is 0.478 e. The minimum absolute atomic E-state index is 0.00938. The van der Waals surface area contributed by atoms with E-state index < -0.39 is 5.97 Å². The minimum Gasteiger partial charge on any atom is -0.478 e. The van der Waals surface area contributed by atoms with Crippen molar-refractivity contribution in [1.82, 2.24) is 14.3 Å². The van der Waals surface area contributed by atoms with E-state index in [1.165, 1.54) is 4.68 Å². The van der Waals surface area contributed by atoms with Crippen molar-refractivity contribution in [3.8, 4) is 16.8 Å². The zero-order chi connectivity index (χ0) is 17.3. The van der Waals surface area contributed by atoms with Gasteiger partial charge in [-0.25, -0.2) is 9.48 Å². The molecule has 6 heteroatoms. The van der Waals surface area contributed by atoms with Crippen LogP contribution in [0.25, 0.3) is 16.8 Å². The Kier molecular flexibility index (Phi) is 4.04. The third-order valence-corrected chi connectivity index (χ3v) is 3.94. The molecule has 6 nitrogen and oxygen atoms in total. The Bertz CT molecular complexity index is 970. The van der Waals surface area contributed by atoms with E-state index in [9.17, 15) is 14.7 Å². The minimum atomic E-state index is -1.00. The molecule has 1 aromatic carbocycles. The molecular weight excluding hydrogens is 306 g/mol. The molecule has 0 saturated heterocycles. The predicted octanol–water partition coefficient (Wildman–Crippen LogP) is 2.50. The van der Waals surface area contributed by atoms with Gasteiger partial charge in [-0.05, 0) is 24.6 Å². The SMILES string of the molecule is CCc1cc(-c2cnn(-c3ccccc3C(=O)O)c2)cn(C)c1=O. The maximum atomic E-state index is 12.0. The average Bonchev–Trinajstić information content (AvgIpc) is 3.07. The molecule has 3 aromatic rings. The van der Waals surface area contributed by atoms with Gasteiger partial charge >= 0.3 is 5.97 Å². The number of aromatic carboxylic acids is 1. The van der Waals surface area contributed by atoms with E-state index in [0.717, 1.165) is 16.7 Å². The lowest BCUT2D eigenvalue weighted by molar-refractivity contribution is 0.0696. The van der Waals surface area contributed by atoms with E-state index >= 15 is 0 Å². The van der Waals surface area contributed by atoms with Gasteiger partial charge in [0.05, 0.1) is 17.4 Å². The van der Waals surface area contributed by atoms with Gasteiger partial charge in [0.2, 0.25) is 0 Å². The summed E-state index contributed by atoms with van der Waals surface area (Å²) in [5.74, 6) is -1.00. The Morgan fingerprint density at radius 3 is 2.67 bits per heavy atom. The van der Waals surface area contributed by atoms with E-state index in [1.807, 2.05) is 13.0 Å². The van der Waals surface area contributed by atoms with Crippen molar-refractivity contribution < 1.29 is 9.90 Å². The lowest BCUT2D eigenvalue weighted by atomic mass is 10.1. The normalized spacial score (nSPS) is 10.8. The fourth-order valence-electron chi connectivity index (χ4n) is 2.65. The summed E-state index contributed by atoms with van der Waals surface area (Å²) in [4.78, 5) is 23.4. The summed E-state index contributed by atoms with van der Waals surface area (Å²) in [6, 6.07) is 8.55. The topological polar surface area (TPSA) is 77.1 Å². The fraction of sp³-hybridized carbons (Fsp3) is 0.167. The zero-order valence-electron chi connectivity index (χ0n) is 13.4. The number of hydrogen-bond donors (Lipinski definition) is 1. The molecule has 0 radical (unpaired) electrons. The Labute approximate surface area is 138 Å². The first-order valence-corrected chi connectivity index (χ1v) is 7.58. The second-order valence-electron chi connectivity index (χ2n) is 5.52. The van der Waals surface area contributed by atoms with Gasteiger partial charge in [-0.2, -0.15) is 5.10 Å². The van der Waals surface area contributed by atoms with Gasteiger partial charge in [0.1, 0.15) is 0 Å². The molecule has 0 aliphatic rings. The maximum absolute atomic E-state index is 12.0. The molecule has 24 heavy (non-hydrogen) atoms. The van der Waals surface area contributed by atoms with Crippen LogP contribution in [0.4, 0.5) is 0 Å². The second kappa shape index (κ2) is 6.16. The highest BCUT2D eigenvalue weighted by atomic mass is 16.4. The molecular formula is C18H17N3O3.